The topological polar surface area (TPSA) is 75.7 Å². The second kappa shape index (κ2) is 7.74. The van der Waals surface area contributed by atoms with Crippen molar-refractivity contribution in [3.63, 3.8) is 0 Å². The number of aryl methyl sites for hydroxylation is 1. The van der Waals surface area contributed by atoms with Gasteiger partial charge >= 0.3 is 6.09 Å². The minimum atomic E-state index is -3.42. The lowest BCUT2D eigenvalue weighted by Crippen LogP contribution is -2.50. The van der Waals surface area contributed by atoms with Crippen LogP contribution in [0.3, 0.4) is 0 Å². The van der Waals surface area contributed by atoms with Crippen molar-refractivity contribution < 1.29 is 17.9 Å². The number of alkyl carbamates (subject to hydrolysis) is 1. The van der Waals surface area contributed by atoms with Crippen LogP contribution in [0.25, 0.3) is 0 Å². The van der Waals surface area contributed by atoms with E-state index in [2.05, 4.69) is 5.32 Å². The van der Waals surface area contributed by atoms with Crippen LogP contribution in [0.2, 0.25) is 0 Å². The highest BCUT2D eigenvalue weighted by Crippen LogP contribution is 2.19. The summed E-state index contributed by atoms with van der Waals surface area (Å²) in [5.41, 5.74) is 1.20. The van der Waals surface area contributed by atoms with Crippen molar-refractivity contribution in [2.45, 2.75) is 57.9 Å². The van der Waals surface area contributed by atoms with Crippen LogP contribution in [0.15, 0.2) is 24.3 Å². The molecule has 1 amide bonds. The largest absolute Gasteiger partial charge is 0.444 e. The molecule has 1 atom stereocenters. The molecule has 25 heavy (non-hydrogen) atoms. The molecule has 0 aliphatic carbocycles. The summed E-state index contributed by atoms with van der Waals surface area (Å²) in [5.74, 6) is -0.0150. The van der Waals surface area contributed by atoms with Crippen molar-refractivity contribution >= 4 is 16.1 Å². The maximum atomic E-state index is 12.7. The monoisotopic (exact) mass is 368 g/mol. The molecule has 1 aliphatic heterocycles. The lowest BCUT2D eigenvalue weighted by Gasteiger charge is -2.33. The Morgan fingerprint density at radius 1 is 1.32 bits per heavy atom. The van der Waals surface area contributed by atoms with Gasteiger partial charge in [-0.15, -0.1) is 0 Å². The van der Waals surface area contributed by atoms with E-state index in [1.807, 2.05) is 31.2 Å². The van der Waals surface area contributed by atoms with E-state index in [4.69, 9.17) is 4.74 Å². The van der Waals surface area contributed by atoms with Gasteiger partial charge in [-0.1, -0.05) is 24.3 Å². The Hall–Kier alpha value is -1.60. The molecular weight excluding hydrogens is 340 g/mol. The van der Waals surface area contributed by atoms with E-state index in [0.717, 1.165) is 17.5 Å². The highest BCUT2D eigenvalue weighted by molar-refractivity contribution is 7.88. The van der Waals surface area contributed by atoms with Gasteiger partial charge in [0.25, 0.3) is 0 Å². The van der Waals surface area contributed by atoms with Gasteiger partial charge < -0.3 is 10.1 Å². The van der Waals surface area contributed by atoms with Gasteiger partial charge in [0, 0.05) is 19.1 Å². The molecule has 0 bridgehead atoms. The standard InChI is InChI=1S/C18H28N2O4S/c1-14-8-5-6-9-15(14)13-25(22,23)20-11-7-10-16(12-20)19-17(21)24-18(2,3)4/h5-6,8-9,16H,7,10-13H2,1-4H3,(H,19,21)/t16-/m1/s1. The lowest BCUT2D eigenvalue weighted by molar-refractivity contribution is 0.0487. The molecule has 1 heterocycles. The average molecular weight is 368 g/mol. The number of hydrogen-bond donors (Lipinski definition) is 1. The second-order valence-corrected chi connectivity index (χ2v) is 9.50. The third-order valence-electron chi connectivity index (χ3n) is 4.10. The van der Waals surface area contributed by atoms with E-state index in [1.165, 1.54) is 4.31 Å². The minimum absolute atomic E-state index is 0.0150. The summed E-state index contributed by atoms with van der Waals surface area (Å²) >= 11 is 0. The smallest absolute Gasteiger partial charge is 0.407 e. The van der Waals surface area contributed by atoms with E-state index < -0.39 is 21.7 Å². The summed E-state index contributed by atoms with van der Waals surface area (Å²) in [6.45, 7) is 8.08. The van der Waals surface area contributed by atoms with Crippen molar-refractivity contribution in [1.29, 1.82) is 0 Å². The fourth-order valence-corrected chi connectivity index (χ4v) is 4.56. The molecule has 140 valence electrons. The number of hydrogen-bond acceptors (Lipinski definition) is 4. The van der Waals surface area contributed by atoms with Crippen molar-refractivity contribution in [1.82, 2.24) is 9.62 Å². The summed E-state index contributed by atoms with van der Waals surface area (Å²) in [6, 6.07) is 7.27. The van der Waals surface area contributed by atoms with Gasteiger partial charge in [0.15, 0.2) is 0 Å². The molecule has 0 aromatic heterocycles. The summed E-state index contributed by atoms with van der Waals surface area (Å²) in [4.78, 5) is 11.9. The average Bonchev–Trinajstić information content (AvgIpc) is 2.48. The van der Waals surface area contributed by atoms with E-state index in [1.54, 1.807) is 20.8 Å². The number of carbonyl (C=O) groups is 1. The Bertz CT molecular complexity index is 710. The number of rotatable bonds is 4. The quantitative estimate of drug-likeness (QED) is 0.887. The summed E-state index contributed by atoms with van der Waals surface area (Å²) in [5, 5.41) is 2.79. The number of ether oxygens (including phenoxy) is 1. The molecule has 6 nitrogen and oxygen atoms in total. The molecule has 0 spiro atoms. The highest BCUT2D eigenvalue weighted by Gasteiger charge is 2.30. The second-order valence-electron chi connectivity index (χ2n) is 7.53. The number of piperidine rings is 1. The van der Waals surface area contributed by atoms with Crippen LogP contribution in [0.4, 0.5) is 4.79 Å². The predicted molar refractivity (Wildman–Crippen MR) is 97.8 cm³/mol. The Kier molecular flexibility index (Phi) is 6.11. The lowest BCUT2D eigenvalue weighted by atomic mass is 10.1. The molecule has 0 radical (unpaired) electrons. The first-order valence-electron chi connectivity index (χ1n) is 8.59. The van der Waals surface area contributed by atoms with Gasteiger partial charge in [0.1, 0.15) is 5.60 Å². The van der Waals surface area contributed by atoms with Crippen molar-refractivity contribution in [2.24, 2.45) is 0 Å². The van der Waals surface area contributed by atoms with Gasteiger partial charge in [-0.3, -0.25) is 0 Å². The van der Waals surface area contributed by atoms with Gasteiger partial charge in [-0.2, -0.15) is 4.31 Å². The molecule has 2 rings (SSSR count). The predicted octanol–water partition coefficient (Wildman–Crippen LogP) is 2.81. The van der Waals surface area contributed by atoms with Gasteiger partial charge in [0.05, 0.1) is 5.75 Å². The number of carbonyl (C=O) groups excluding carboxylic acids is 1. The maximum Gasteiger partial charge on any atom is 0.407 e. The van der Waals surface area contributed by atoms with Crippen LogP contribution in [0.1, 0.15) is 44.7 Å². The third-order valence-corrected chi connectivity index (χ3v) is 5.89. The van der Waals surface area contributed by atoms with E-state index in [-0.39, 0.29) is 18.3 Å². The highest BCUT2D eigenvalue weighted by atomic mass is 32.2. The number of benzene rings is 1. The summed E-state index contributed by atoms with van der Waals surface area (Å²) in [7, 11) is -3.42. The fraction of sp³-hybridized carbons (Fsp3) is 0.611. The molecular formula is C18H28N2O4S. The Balaban J connectivity index is 2.00. The molecule has 1 fully saturated rings. The molecule has 1 N–H and O–H groups in total. The van der Waals surface area contributed by atoms with Crippen molar-refractivity contribution in [3.8, 4) is 0 Å². The molecule has 1 aromatic rings. The first kappa shape index (κ1) is 19.7. The number of nitrogens with zero attached hydrogens (tertiary/aromatic N) is 1. The maximum absolute atomic E-state index is 12.7. The number of nitrogens with one attached hydrogen (secondary N) is 1. The molecule has 0 saturated carbocycles. The Morgan fingerprint density at radius 3 is 2.64 bits per heavy atom. The van der Waals surface area contributed by atoms with E-state index in [9.17, 15) is 13.2 Å². The molecule has 1 saturated heterocycles. The van der Waals surface area contributed by atoms with E-state index in [0.29, 0.717) is 13.0 Å². The zero-order valence-corrected chi connectivity index (χ0v) is 16.2. The van der Waals surface area contributed by atoms with Crippen LogP contribution >= 0.6 is 0 Å². The Morgan fingerprint density at radius 2 is 2.00 bits per heavy atom. The number of sulfonamides is 1. The Labute approximate surface area is 150 Å². The van der Waals surface area contributed by atoms with Gasteiger partial charge in [0.2, 0.25) is 10.0 Å². The molecule has 7 heteroatoms. The van der Waals surface area contributed by atoms with Crippen LogP contribution in [-0.2, 0) is 20.5 Å². The zero-order chi connectivity index (χ0) is 18.7. The van der Waals surface area contributed by atoms with Gasteiger partial charge in [-0.25, -0.2) is 13.2 Å². The fourth-order valence-electron chi connectivity index (χ4n) is 2.85. The SMILES string of the molecule is Cc1ccccc1CS(=O)(=O)N1CCC[C@@H](NC(=O)OC(C)(C)C)C1. The third kappa shape index (κ3) is 6.01. The van der Waals surface area contributed by atoms with Crippen molar-refractivity contribution in [3.05, 3.63) is 35.4 Å². The van der Waals surface area contributed by atoms with Crippen LogP contribution < -0.4 is 5.32 Å². The van der Waals surface area contributed by atoms with E-state index >= 15 is 0 Å². The van der Waals surface area contributed by atoms with Gasteiger partial charge in [-0.05, 0) is 51.7 Å². The number of amides is 1. The summed E-state index contributed by atoms with van der Waals surface area (Å²) in [6.07, 6.45) is 0.957. The molecule has 1 aromatic carbocycles. The van der Waals surface area contributed by atoms with Crippen LogP contribution in [0.5, 0.6) is 0 Å². The molecule has 0 unspecified atom stereocenters. The molecule has 1 aliphatic rings. The van der Waals surface area contributed by atoms with Crippen LogP contribution in [-0.4, -0.2) is 43.5 Å². The zero-order valence-electron chi connectivity index (χ0n) is 15.4. The first-order valence-corrected chi connectivity index (χ1v) is 10.2. The van der Waals surface area contributed by atoms with Crippen LogP contribution in [0, 0.1) is 6.92 Å². The summed E-state index contributed by atoms with van der Waals surface area (Å²) < 4.78 is 32.2. The first-order chi connectivity index (χ1) is 11.6. The van der Waals surface area contributed by atoms with Crippen molar-refractivity contribution in [2.75, 3.05) is 13.1 Å². The normalized spacial score (nSPS) is 19.4. The minimum Gasteiger partial charge on any atom is -0.444 e.